The number of methoxy groups -OCH3 is 1. The Kier molecular flexibility index (Phi) is 3.09. The van der Waals surface area contributed by atoms with Gasteiger partial charge in [-0.1, -0.05) is 0 Å². The molecule has 0 spiro atoms. The average molecular weight is 327 g/mol. The molecule has 0 fully saturated rings. The SMILES string of the molecule is COc1ccc(-n2[nH]c3c(cnc4c(F)cc(F)cc43)c2=O)cc1. The van der Waals surface area contributed by atoms with Gasteiger partial charge in [-0.25, -0.2) is 13.5 Å². The third kappa shape index (κ3) is 2.05. The van der Waals surface area contributed by atoms with Gasteiger partial charge in [0.05, 0.1) is 23.7 Å². The number of aromatic nitrogens is 3. The zero-order valence-electron chi connectivity index (χ0n) is 12.5. The molecule has 0 amide bonds. The molecule has 7 heteroatoms. The summed E-state index contributed by atoms with van der Waals surface area (Å²) in [6.45, 7) is 0. The molecule has 0 atom stereocenters. The molecule has 0 aliphatic carbocycles. The van der Waals surface area contributed by atoms with Crippen LogP contribution in [0.4, 0.5) is 8.78 Å². The summed E-state index contributed by atoms with van der Waals surface area (Å²) in [6, 6.07) is 8.74. The summed E-state index contributed by atoms with van der Waals surface area (Å²) in [6.07, 6.45) is 1.29. The number of halogens is 2. The highest BCUT2D eigenvalue weighted by Crippen LogP contribution is 2.24. The lowest BCUT2D eigenvalue weighted by Crippen LogP contribution is -2.14. The first kappa shape index (κ1) is 14.4. The first-order valence-electron chi connectivity index (χ1n) is 7.11. The van der Waals surface area contributed by atoms with Gasteiger partial charge in [0.1, 0.15) is 17.1 Å². The first-order chi connectivity index (χ1) is 11.6. The zero-order valence-corrected chi connectivity index (χ0v) is 12.5. The molecular formula is C17H11F2N3O2. The molecule has 1 N–H and O–H groups in total. The van der Waals surface area contributed by atoms with E-state index in [4.69, 9.17) is 4.74 Å². The maximum atomic E-state index is 13.9. The van der Waals surface area contributed by atoms with Crippen molar-refractivity contribution >= 4 is 21.8 Å². The van der Waals surface area contributed by atoms with Crippen LogP contribution in [0.3, 0.4) is 0 Å². The van der Waals surface area contributed by atoms with Gasteiger partial charge in [-0.15, -0.1) is 0 Å². The Morgan fingerprint density at radius 1 is 1.12 bits per heavy atom. The van der Waals surface area contributed by atoms with Gasteiger partial charge in [0.25, 0.3) is 5.56 Å². The Hall–Kier alpha value is -3.22. The molecule has 120 valence electrons. The maximum absolute atomic E-state index is 13.9. The normalized spacial score (nSPS) is 11.3. The summed E-state index contributed by atoms with van der Waals surface area (Å²) in [7, 11) is 1.55. The lowest BCUT2D eigenvalue weighted by atomic mass is 10.1. The van der Waals surface area contributed by atoms with Crippen molar-refractivity contribution in [1.29, 1.82) is 0 Å². The molecule has 4 rings (SSSR count). The van der Waals surface area contributed by atoms with E-state index in [2.05, 4.69) is 10.1 Å². The lowest BCUT2D eigenvalue weighted by Gasteiger charge is -2.03. The lowest BCUT2D eigenvalue weighted by molar-refractivity contribution is 0.414. The van der Waals surface area contributed by atoms with Crippen LogP contribution in [-0.2, 0) is 0 Å². The van der Waals surface area contributed by atoms with Gasteiger partial charge in [-0.05, 0) is 30.3 Å². The molecule has 2 aromatic carbocycles. The van der Waals surface area contributed by atoms with E-state index in [0.29, 0.717) is 17.0 Å². The zero-order chi connectivity index (χ0) is 16.8. The first-order valence-corrected chi connectivity index (χ1v) is 7.11. The van der Waals surface area contributed by atoms with Gasteiger partial charge in [0.2, 0.25) is 0 Å². The molecule has 24 heavy (non-hydrogen) atoms. The Bertz CT molecular complexity index is 1130. The number of rotatable bonds is 2. The van der Waals surface area contributed by atoms with E-state index in [9.17, 15) is 13.6 Å². The molecule has 0 unspecified atom stereocenters. The van der Waals surface area contributed by atoms with E-state index >= 15 is 0 Å². The van der Waals surface area contributed by atoms with Crippen LogP contribution in [0.2, 0.25) is 0 Å². The highest BCUT2D eigenvalue weighted by molar-refractivity contribution is 6.02. The van der Waals surface area contributed by atoms with Crippen molar-refractivity contribution in [3.05, 3.63) is 64.6 Å². The topological polar surface area (TPSA) is 59.9 Å². The number of aromatic amines is 1. The fraction of sp³-hybridized carbons (Fsp3) is 0.0588. The largest absolute Gasteiger partial charge is 0.497 e. The molecule has 5 nitrogen and oxygen atoms in total. The summed E-state index contributed by atoms with van der Waals surface area (Å²) in [5.41, 5.74) is 0.558. The number of pyridine rings is 1. The van der Waals surface area contributed by atoms with Crippen molar-refractivity contribution in [1.82, 2.24) is 14.8 Å². The van der Waals surface area contributed by atoms with E-state index < -0.39 is 11.6 Å². The number of fused-ring (bicyclic) bond motifs is 3. The molecule has 0 radical (unpaired) electrons. The quantitative estimate of drug-likeness (QED) is 0.615. The second kappa shape index (κ2) is 5.16. The number of benzene rings is 2. The standard InChI is InChI=1S/C17H11F2N3O2/c1-24-11-4-2-10(3-5-11)22-17(23)13-8-20-16-12(15(13)21-22)6-9(18)7-14(16)19/h2-8,21H,1H3. The van der Waals surface area contributed by atoms with Gasteiger partial charge < -0.3 is 4.74 Å². The second-order valence-electron chi connectivity index (χ2n) is 5.28. The average Bonchev–Trinajstić information content (AvgIpc) is 2.92. The van der Waals surface area contributed by atoms with Crippen LogP contribution < -0.4 is 10.3 Å². The fourth-order valence-corrected chi connectivity index (χ4v) is 2.71. The van der Waals surface area contributed by atoms with Crippen molar-refractivity contribution in [2.75, 3.05) is 7.11 Å². The summed E-state index contributed by atoms with van der Waals surface area (Å²) in [5.74, 6) is -0.850. The molecule has 0 saturated heterocycles. The molecular weight excluding hydrogens is 316 g/mol. The number of hydrogen-bond acceptors (Lipinski definition) is 3. The Balaban J connectivity index is 2.03. The van der Waals surface area contributed by atoms with Crippen molar-refractivity contribution in [2.24, 2.45) is 0 Å². The highest BCUT2D eigenvalue weighted by atomic mass is 19.1. The van der Waals surface area contributed by atoms with Crippen molar-refractivity contribution < 1.29 is 13.5 Å². The van der Waals surface area contributed by atoms with Crippen LogP contribution in [0, 0.1) is 11.6 Å². The van der Waals surface area contributed by atoms with Gasteiger partial charge in [-0.3, -0.25) is 14.9 Å². The van der Waals surface area contributed by atoms with Gasteiger partial charge >= 0.3 is 0 Å². The summed E-state index contributed by atoms with van der Waals surface area (Å²) < 4.78 is 33.8. The van der Waals surface area contributed by atoms with E-state index in [1.54, 1.807) is 31.4 Å². The second-order valence-corrected chi connectivity index (χ2v) is 5.28. The van der Waals surface area contributed by atoms with Gasteiger partial charge in [0, 0.05) is 17.6 Å². The Morgan fingerprint density at radius 2 is 1.88 bits per heavy atom. The summed E-state index contributed by atoms with van der Waals surface area (Å²) >= 11 is 0. The summed E-state index contributed by atoms with van der Waals surface area (Å²) in [5, 5.41) is 3.38. The predicted molar refractivity (Wildman–Crippen MR) is 85.7 cm³/mol. The minimum atomic E-state index is -0.773. The molecule has 0 bridgehead atoms. The van der Waals surface area contributed by atoms with E-state index in [1.807, 2.05) is 0 Å². The fourth-order valence-electron chi connectivity index (χ4n) is 2.71. The van der Waals surface area contributed by atoms with E-state index in [1.165, 1.54) is 10.9 Å². The van der Waals surface area contributed by atoms with E-state index in [0.717, 1.165) is 12.1 Å². The van der Waals surface area contributed by atoms with Crippen molar-refractivity contribution in [2.45, 2.75) is 0 Å². The third-order valence-corrected chi connectivity index (χ3v) is 3.88. The van der Waals surface area contributed by atoms with Crippen LogP contribution in [0.1, 0.15) is 0 Å². The van der Waals surface area contributed by atoms with Crippen LogP contribution in [0.5, 0.6) is 5.75 Å². The molecule has 0 aliphatic heterocycles. The monoisotopic (exact) mass is 327 g/mol. The van der Waals surface area contributed by atoms with Crippen LogP contribution in [0.25, 0.3) is 27.5 Å². The number of H-pyrrole nitrogens is 1. The predicted octanol–water partition coefficient (Wildman–Crippen LogP) is 3.15. The maximum Gasteiger partial charge on any atom is 0.280 e. The number of ether oxygens (including phenoxy) is 1. The van der Waals surface area contributed by atoms with Crippen LogP contribution in [-0.4, -0.2) is 21.9 Å². The number of hydrogen-bond donors (Lipinski definition) is 1. The number of nitrogens with zero attached hydrogens (tertiary/aromatic N) is 2. The van der Waals surface area contributed by atoms with Crippen LogP contribution >= 0.6 is 0 Å². The van der Waals surface area contributed by atoms with Crippen molar-refractivity contribution in [3.63, 3.8) is 0 Å². The summed E-state index contributed by atoms with van der Waals surface area (Å²) in [4.78, 5) is 16.5. The van der Waals surface area contributed by atoms with Gasteiger partial charge in [0.15, 0.2) is 5.82 Å². The highest BCUT2D eigenvalue weighted by Gasteiger charge is 2.15. The molecule has 2 aromatic heterocycles. The Labute approximate surface area is 134 Å². The minimum absolute atomic E-state index is 0.00651. The van der Waals surface area contributed by atoms with Crippen LogP contribution in [0.15, 0.2) is 47.4 Å². The number of nitrogens with one attached hydrogen (secondary N) is 1. The van der Waals surface area contributed by atoms with E-state index in [-0.39, 0.29) is 21.8 Å². The van der Waals surface area contributed by atoms with Gasteiger partial charge in [-0.2, -0.15) is 0 Å². The molecule has 0 aliphatic rings. The molecule has 0 saturated carbocycles. The molecule has 4 aromatic rings. The van der Waals surface area contributed by atoms with Crippen molar-refractivity contribution in [3.8, 4) is 11.4 Å². The minimum Gasteiger partial charge on any atom is -0.497 e. The third-order valence-electron chi connectivity index (χ3n) is 3.88. The molecule has 2 heterocycles. The Morgan fingerprint density at radius 3 is 2.58 bits per heavy atom. The smallest absolute Gasteiger partial charge is 0.280 e.